The summed E-state index contributed by atoms with van der Waals surface area (Å²) in [5, 5.41) is 4.33. The summed E-state index contributed by atoms with van der Waals surface area (Å²) in [4.78, 5) is 0. The van der Waals surface area contributed by atoms with Crippen molar-refractivity contribution >= 4 is 0 Å². The van der Waals surface area contributed by atoms with Crippen LogP contribution in [0.1, 0.15) is 26.7 Å². The van der Waals surface area contributed by atoms with E-state index in [1.54, 1.807) is 0 Å². The monoisotopic (exact) mass is 197 g/mol. The molecule has 2 heteroatoms. The molecule has 0 N–H and O–H groups in total. The minimum Gasteiger partial charge on any atom is -0.662 e. The van der Waals surface area contributed by atoms with Gasteiger partial charge in [-0.15, -0.1) is 13.1 Å². The average Bonchev–Trinajstić information content (AvgIpc) is 1.65. The van der Waals surface area contributed by atoms with E-state index in [-0.39, 0.29) is 58.2 Å². The molecule has 48 valence electrons. The molecule has 0 amide bonds. The molecule has 0 atom stereocenters. The van der Waals surface area contributed by atoms with Gasteiger partial charge in [-0.2, -0.15) is 0 Å². The molecule has 0 spiro atoms. The summed E-state index contributed by atoms with van der Waals surface area (Å²) in [6, 6.07) is 0. The Balaban J connectivity index is 0.000000640. The Morgan fingerprint density at radius 1 is 1.33 bits per heavy atom. The molecule has 1 heterocycles. The molecule has 0 aromatic rings. The van der Waals surface area contributed by atoms with E-state index in [0.29, 0.717) is 5.41 Å². The quantitative estimate of drug-likeness (QED) is 0.482. The second-order valence-corrected chi connectivity index (χ2v) is 3.37. The molecule has 0 unspecified atom stereocenters. The molecule has 0 bridgehead atoms. The van der Waals surface area contributed by atoms with E-state index in [0.717, 1.165) is 13.1 Å². The third-order valence-corrected chi connectivity index (χ3v) is 1.71. The summed E-state index contributed by atoms with van der Waals surface area (Å²) >= 11 is 0. The summed E-state index contributed by atoms with van der Waals surface area (Å²) in [7, 11) is 0. The van der Waals surface area contributed by atoms with Gasteiger partial charge in [0.25, 0.3) is 0 Å². The van der Waals surface area contributed by atoms with E-state index in [1.165, 1.54) is 12.8 Å². The van der Waals surface area contributed by atoms with Crippen molar-refractivity contribution < 1.29 is 58.2 Å². The fraction of sp³-hybridized carbons (Fsp3) is 1.00. The molecule has 1 saturated heterocycles. The summed E-state index contributed by atoms with van der Waals surface area (Å²) in [5.74, 6) is 0. The average molecular weight is 198 g/mol. The Labute approximate surface area is 107 Å². The minimum atomic E-state index is 0. The Morgan fingerprint density at radius 3 is 2.22 bits per heavy atom. The van der Waals surface area contributed by atoms with Gasteiger partial charge in [0.1, 0.15) is 0 Å². The van der Waals surface area contributed by atoms with Gasteiger partial charge in [-0.3, -0.25) is 0 Å². The number of rotatable bonds is 0. The zero-order valence-electron chi connectivity index (χ0n) is 6.78. The molecule has 1 rings (SSSR count). The van der Waals surface area contributed by atoms with Crippen LogP contribution in [-0.2, 0) is 0 Å². The SMILES string of the molecule is CC1(C)CCC[N-]C1.[Rb+]. The molecule has 1 nitrogen and oxygen atoms in total. The zero-order valence-corrected chi connectivity index (χ0v) is 11.7. The molecule has 0 aromatic carbocycles. The molecule has 1 aliphatic heterocycles. The first-order valence-electron chi connectivity index (χ1n) is 3.34. The first-order chi connectivity index (χ1) is 3.71. The summed E-state index contributed by atoms with van der Waals surface area (Å²) in [5.41, 5.74) is 0.512. The second kappa shape index (κ2) is 4.60. The van der Waals surface area contributed by atoms with Crippen molar-refractivity contribution in [2.75, 3.05) is 13.1 Å². The van der Waals surface area contributed by atoms with Crippen LogP contribution in [0.5, 0.6) is 0 Å². The summed E-state index contributed by atoms with van der Waals surface area (Å²) in [6.45, 7) is 6.75. The van der Waals surface area contributed by atoms with Gasteiger partial charge in [0.15, 0.2) is 0 Å². The fourth-order valence-electron chi connectivity index (χ4n) is 1.13. The molecule has 0 aliphatic carbocycles. The van der Waals surface area contributed by atoms with Crippen LogP contribution in [0.3, 0.4) is 0 Å². The first kappa shape index (κ1) is 10.8. The predicted molar refractivity (Wildman–Crippen MR) is 36.1 cm³/mol. The maximum Gasteiger partial charge on any atom is 1.00 e. The molecule has 1 aliphatic rings. The molecule has 0 aromatic heterocycles. The Morgan fingerprint density at radius 2 is 2.00 bits per heavy atom. The van der Waals surface area contributed by atoms with Gasteiger partial charge in [0.2, 0.25) is 0 Å². The topological polar surface area (TPSA) is 14.1 Å². The van der Waals surface area contributed by atoms with Crippen LogP contribution in [0.2, 0.25) is 0 Å². The molecule has 1 fully saturated rings. The van der Waals surface area contributed by atoms with Crippen molar-refractivity contribution in [2.45, 2.75) is 26.7 Å². The Kier molecular flexibility index (Phi) is 5.51. The molecule has 0 saturated carbocycles. The third-order valence-electron chi connectivity index (χ3n) is 1.71. The van der Waals surface area contributed by atoms with E-state index in [2.05, 4.69) is 19.2 Å². The van der Waals surface area contributed by atoms with Gasteiger partial charge < -0.3 is 5.32 Å². The zero-order chi connectivity index (χ0) is 6.04. The maximum absolute atomic E-state index is 4.33. The predicted octanol–water partition coefficient (Wildman–Crippen LogP) is -0.816. The van der Waals surface area contributed by atoms with Crippen molar-refractivity contribution in [3.63, 3.8) is 0 Å². The van der Waals surface area contributed by atoms with Crippen LogP contribution in [-0.4, -0.2) is 13.1 Å². The van der Waals surface area contributed by atoms with Gasteiger partial charge >= 0.3 is 58.2 Å². The number of hydrogen-bond acceptors (Lipinski definition) is 0. The number of hydrogen-bond donors (Lipinski definition) is 0. The van der Waals surface area contributed by atoms with Gasteiger partial charge in [0.05, 0.1) is 0 Å². The van der Waals surface area contributed by atoms with Crippen LogP contribution >= 0.6 is 0 Å². The van der Waals surface area contributed by atoms with Crippen LogP contribution in [0.4, 0.5) is 0 Å². The molecule has 9 heavy (non-hydrogen) atoms. The van der Waals surface area contributed by atoms with E-state index in [1.807, 2.05) is 0 Å². The first-order valence-corrected chi connectivity index (χ1v) is 3.34. The smallest absolute Gasteiger partial charge is 0.662 e. The summed E-state index contributed by atoms with van der Waals surface area (Å²) < 4.78 is 0. The van der Waals surface area contributed by atoms with Crippen molar-refractivity contribution in [2.24, 2.45) is 5.41 Å². The van der Waals surface area contributed by atoms with Gasteiger partial charge in [0, 0.05) is 0 Å². The number of nitrogens with zero attached hydrogens (tertiary/aromatic N) is 1. The fourth-order valence-corrected chi connectivity index (χ4v) is 1.13. The molecular weight excluding hydrogens is 184 g/mol. The van der Waals surface area contributed by atoms with Crippen molar-refractivity contribution in [1.82, 2.24) is 0 Å². The normalized spacial score (nSPS) is 24.7. The van der Waals surface area contributed by atoms with E-state index in [4.69, 9.17) is 0 Å². The third kappa shape index (κ3) is 4.25. The second-order valence-electron chi connectivity index (χ2n) is 3.37. The Bertz CT molecular complexity index is 73.0. The van der Waals surface area contributed by atoms with Crippen molar-refractivity contribution in [3.8, 4) is 0 Å². The van der Waals surface area contributed by atoms with Gasteiger partial charge in [-0.1, -0.05) is 32.1 Å². The van der Waals surface area contributed by atoms with Crippen LogP contribution in [0, 0.1) is 5.41 Å². The van der Waals surface area contributed by atoms with E-state index in [9.17, 15) is 0 Å². The largest absolute Gasteiger partial charge is 1.00 e. The molecule has 0 radical (unpaired) electrons. The van der Waals surface area contributed by atoms with E-state index < -0.39 is 0 Å². The number of piperidine rings is 1. The van der Waals surface area contributed by atoms with Crippen molar-refractivity contribution in [3.05, 3.63) is 5.32 Å². The summed E-state index contributed by atoms with van der Waals surface area (Å²) in [6.07, 6.45) is 2.66. The molecular formula is C7H14NRb. The maximum atomic E-state index is 4.33. The van der Waals surface area contributed by atoms with Crippen LogP contribution < -0.4 is 58.2 Å². The van der Waals surface area contributed by atoms with Crippen LogP contribution in [0.25, 0.3) is 5.32 Å². The van der Waals surface area contributed by atoms with Gasteiger partial charge in [-0.25, -0.2) is 0 Å². The van der Waals surface area contributed by atoms with Crippen molar-refractivity contribution in [1.29, 1.82) is 0 Å². The van der Waals surface area contributed by atoms with Crippen LogP contribution in [0.15, 0.2) is 0 Å². The standard InChI is InChI=1S/C7H14N.Rb/c1-7(2)4-3-5-8-6-7;/h3-6H2,1-2H3;/q-1;+1. The minimum absolute atomic E-state index is 0. The van der Waals surface area contributed by atoms with E-state index >= 15 is 0 Å². The van der Waals surface area contributed by atoms with Gasteiger partial charge in [-0.05, 0) is 0 Å². The Hall–Kier alpha value is 1.77.